The molecule has 0 aliphatic rings. The van der Waals surface area contributed by atoms with E-state index in [2.05, 4.69) is 49.0 Å². The first-order valence-corrected chi connectivity index (χ1v) is 9.35. The van der Waals surface area contributed by atoms with Crippen LogP contribution in [0.25, 0.3) is 0 Å². The fraction of sp³-hybridized carbons (Fsp3) is 0.368. The molecular formula is C19H26BrN5O. The molecule has 26 heavy (non-hydrogen) atoms. The third kappa shape index (κ3) is 5.36. The number of amides is 1. The van der Waals surface area contributed by atoms with Gasteiger partial charge in [-0.2, -0.15) is 0 Å². The monoisotopic (exact) mass is 419 g/mol. The van der Waals surface area contributed by atoms with Gasteiger partial charge in [0.2, 0.25) is 0 Å². The molecule has 0 aliphatic carbocycles. The lowest BCUT2D eigenvalue weighted by Gasteiger charge is -2.22. The molecule has 0 saturated carbocycles. The number of aryl methyl sites for hydroxylation is 1. The number of carbonyl (C=O) groups excluding carboxylic acids is 1. The second-order valence-corrected chi connectivity index (χ2v) is 6.98. The topological polar surface area (TPSA) is 61.7 Å². The Balaban J connectivity index is 2.13. The molecule has 0 radical (unpaired) electrons. The third-order valence-corrected chi connectivity index (χ3v) is 4.43. The van der Waals surface area contributed by atoms with Crippen LogP contribution in [0.3, 0.4) is 0 Å². The number of halogens is 1. The molecule has 1 amide bonds. The molecule has 0 atom stereocenters. The molecule has 6 nitrogen and oxygen atoms in total. The number of nitrogens with one attached hydrogen (secondary N) is 2. The van der Waals surface area contributed by atoms with E-state index in [0.717, 1.165) is 29.1 Å². The van der Waals surface area contributed by atoms with Crippen molar-refractivity contribution in [3.63, 3.8) is 0 Å². The van der Waals surface area contributed by atoms with Gasteiger partial charge in [0.25, 0.3) is 5.91 Å². The SMILES string of the molecule is CCNC(=NCc1cccc(C(=O)NC)c1)N(C)Cc1cc(Br)cn1C. The van der Waals surface area contributed by atoms with E-state index in [0.29, 0.717) is 12.1 Å². The standard InChI is InChI=1S/C19H26BrN5O/c1-5-22-19(25(4)13-17-10-16(20)12-24(17)3)23-11-14-7-6-8-15(9-14)18(26)21-2/h6-10,12H,5,11,13H2,1-4H3,(H,21,26)(H,22,23). The van der Waals surface area contributed by atoms with Gasteiger partial charge < -0.3 is 20.1 Å². The molecular weight excluding hydrogens is 394 g/mol. The average Bonchev–Trinajstić information content (AvgIpc) is 2.95. The minimum atomic E-state index is -0.0888. The van der Waals surface area contributed by atoms with Crippen LogP contribution in [0.1, 0.15) is 28.5 Å². The first-order valence-electron chi connectivity index (χ1n) is 8.55. The fourth-order valence-electron chi connectivity index (χ4n) is 2.63. The van der Waals surface area contributed by atoms with Crippen molar-refractivity contribution < 1.29 is 4.79 Å². The zero-order valence-electron chi connectivity index (χ0n) is 15.7. The van der Waals surface area contributed by atoms with E-state index in [1.807, 2.05) is 38.5 Å². The number of aromatic nitrogens is 1. The molecule has 2 rings (SSSR count). The Bertz CT molecular complexity index is 784. The summed E-state index contributed by atoms with van der Waals surface area (Å²) >= 11 is 3.51. The van der Waals surface area contributed by atoms with Crippen molar-refractivity contribution in [2.24, 2.45) is 12.0 Å². The van der Waals surface area contributed by atoms with E-state index < -0.39 is 0 Å². The van der Waals surface area contributed by atoms with Crippen LogP contribution in [0.4, 0.5) is 0 Å². The summed E-state index contributed by atoms with van der Waals surface area (Å²) in [5.74, 6) is 0.740. The van der Waals surface area contributed by atoms with E-state index in [9.17, 15) is 4.79 Å². The van der Waals surface area contributed by atoms with E-state index >= 15 is 0 Å². The van der Waals surface area contributed by atoms with Crippen molar-refractivity contribution in [1.29, 1.82) is 0 Å². The highest BCUT2D eigenvalue weighted by Crippen LogP contribution is 2.15. The average molecular weight is 420 g/mol. The van der Waals surface area contributed by atoms with Gasteiger partial charge in [-0.05, 0) is 46.6 Å². The summed E-state index contributed by atoms with van der Waals surface area (Å²) in [5.41, 5.74) is 2.83. The van der Waals surface area contributed by atoms with Gasteiger partial charge in [-0.25, -0.2) is 4.99 Å². The lowest BCUT2D eigenvalue weighted by Crippen LogP contribution is -2.38. The molecule has 0 aliphatic heterocycles. The lowest BCUT2D eigenvalue weighted by molar-refractivity contribution is 0.0963. The maximum atomic E-state index is 11.8. The van der Waals surface area contributed by atoms with Crippen LogP contribution in [0.15, 0.2) is 46.0 Å². The number of nitrogens with zero attached hydrogens (tertiary/aromatic N) is 3. The smallest absolute Gasteiger partial charge is 0.251 e. The second kappa shape index (κ2) is 9.43. The Morgan fingerprint density at radius 2 is 2.12 bits per heavy atom. The first kappa shape index (κ1) is 20.0. The van der Waals surface area contributed by atoms with Crippen LogP contribution in [0.2, 0.25) is 0 Å². The van der Waals surface area contributed by atoms with E-state index in [4.69, 9.17) is 4.99 Å². The minimum absolute atomic E-state index is 0.0888. The maximum Gasteiger partial charge on any atom is 0.251 e. The van der Waals surface area contributed by atoms with Crippen molar-refractivity contribution in [1.82, 2.24) is 20.1 Å². The molecule has 140 valence electrons. The number of hydrogen-bond acceptors (Lipinski definition) is 2. The molecule has 2 N–H and O–H groups in total. The lowest BCUT2D eigenvalue weighted by atomic mass is 10.1. The van der Waals surface area contributed by atoms with Gasteiger partial charge in [-0.1, -0.05) is 12.1 Å². The quantitative estimate of drug-likeness (QED) is 0.558. The Morgan fingerprint density at radius 1 is 1.35 bits per heavy atom. The highest BCUT2D eigenvalue weighted by Gasteiger charge is 2.10. The maximum absolute atomic E-state index is 11.8. The van der Waals surface area contributed by atoms with Gasteiger partial charge in [0.05, 0.1) is 13.1 Å². The number of rotatable bonds is 6. The molecule has 2 aromatic rings. The summed E-state index contributed by atoms with van der Waals surface area (Å²) < 4.78 is 3.16. The second-order valence-electron chi connectivity index (χ2n) is 6.07. The molecule has 0 bridgehead atoms. The molecule has 0 saturated heterocycles. The zero-order chi connectivity index (χ0) is 19.1. The zero-order valence-corrected chi connectivity index (χ0v) is 17.3. The van der Waals surface area contributed by atoms with E-state index in [1.54, 1.807) is 13.1 Å². The molecule has 0 spiro atoms. The predicted octanol–water partition coefficient (Wildman–Crippen LogP) is 2.74. The van der Waals surface area contributed by atoms with Crippen LogP contribution in [-0.4, -0.2) is 42.0 Å². The minimum Gasteiger partial charge on any atom is -0.357 e. The van der Waals surface area contributed by atoms with Crippen LogP contribution in [-0.2, 0) is 20.1 Å². The van der Waals surface area contributed by atoms with Crippen LogP contribution in [0, 0.1) is 0 Å². The number of guanidine groups is 1. The Kier molecular flexibility index (Phi) is 7.26. The van der Waals surface area contributed by atoms with Gasteiger partial charge >= 0.3 is 0 Å². The number of aliphatic imine (C=N–C) groups is 1. The molecule has 7 heteroatoms. The van der Waals surface area contributed by atoms with Gasteiger partial charge in [0, 0.05) is 49.6 Å². The predicted molar refractivity (Wildman–Crippen MR) is 109 cm³/mol. The molecule has 1 heterocycles. The number of hydrogen-bond donors (Lipinski definition) is 2. The van der Waals surface area contributed by atoms with Gasteiger partial charge in [-0.3, -0.25) is 4.79 Å². The summed E-state index contributed by atoms with van der Waals surface area (Å²) in [6.45, 7) is 4.09. The fourth-order valence-corrected chi connectivity index (χ4v) is 3.20. The van der Waals surface area contributed by atoms with Crippen molar-refractivity contribution in [2.75, 3.05) is 20.6 Å². The normalized spacial score (nSPS) is 11.3. The van der Waals surface area contributed by atoms with Gasteiger partial charge in [-0.15, -0.1) is 0 Å². The largest absolute Gasteiger partial charge is 0.357 e. The first-order chi connectivity index (χ1) is 12.4. The van der Waals surface area contributed by atoms with Crippen LogP contribution >= 0.6 is 15.9 Å². The number of carbonyl (C=O) groups is 1. The van der Waals surface area contributed by atoms with Crippen molar-refractivity contribution >= 4 is 27.8 Å². The Labute approximate surface area is 163 Å². The van der Waals surface area contributed by atoms with E-state index in [-0.39, 0.29) is 5.91 Å². The van der Waals surface area contributed by atoms with Crippen molar-refractivity contribution in [3.8, 4) is 0 Å². The molecule has 1 aromatic carbocycles. The van der Waals surface area contributed by atoms with Crippen molar-refractivity contribution in [3.05, 3.63) is 57.8 Å². The van der Waals surface area contributed by atoms with Crippen LogP contribution in [0.5, 0.6) is 0 Å². The Hall–Kier alpha value is -2.28. The Morgan fingerprint density at radius 3 is 2.73 bits per heavy atom. The summed E-state index contributed by atoms with van der Waals surface area (Å²) in [5, 5.41) is 5.97. The highest BCUT2D eigenvalue weighted by molar-refractivity contribution is 9.10. The molecule has 0 fully saturated rings. The van der Waals surface area contributed by atoms with E-state index in [1.165, 1.54) is 5.69 Å². The summed E-state index contributed by atoms with van der Waals surface area (Å²) in [6.07, 6.45) is 2.04. The summed E-state index contributed by atoms with van der Waals surface area (Å²) in [7, 11) is 5.68. The summed E-state index contributed by atoms with van der Waals surface area (Å²) in [4.78, 5) is 18.6. The summed E-state index contributed by atoms with van der Waals surface area (Å²) in [6, 6.07) is 9.64. The van der Waals surface area contributed by atoms with Crippen molar-refractivity contribution in [2.45, 2.75) is 20.0 Å². The molecule has 1 aromatic heterocycles. The van der Waals surface area contributed by atoms with Gasteiger partial charge in [0.1, 0.15) is 0 Å². The number of benzene rings is 1. The van der Waals surface area contributed by atoms with Crippen LogP contribution < -0.4 is 10.6 Å². The molecule has 0 unspecified atom stereocenters. The highest BCUT2D eigenvalue weighted by atomic mass is 79.9. The third-order valence-electron chi connectivity index (χ3n) is 4.00. The van der Waals surface area contributed by atoms with Gasteiger partial charge in [0.15, 0.2) is 5.96 Å².